The third-order valence-corrected chi connectivity index (χ3v) is 7.29. The normalized spacial score (nSPS) is 11.0. The number of nitrogens with zero attached hydrogens (tertiary/aromatic N) is 3. The fourth-order valence-electron chi connectivity index (χ4n) is 2.80. The summed E-state index contributed by atoms with van der Waals surface area (Å²) >= 11 is 20.2. The van der Waals surface area contributed by atoms with E-state index in [1.807, 2.05) is 26.0 Å². The molecule has 0 bridgehead atoms. The Bertz CT molecular complexity index is 1110. The van der Waals surface area contributed by atoms with E-state index in [1.165, 1.54) is 23.1 Å². The zero-order valence-corrected chi connectivity index (χ0v) is 19.2. The topological polar surface area (TPSA) is 39.8 Å². The third-order valence-electron chi connectivity index (χ3n) is 4.19. The van der Waals surface area contributed by atoms with Gasteiger partial charge >= 0.3 is 0 Å². The average molecular weight is 470 g/mol. The molecule has 0 aliphatic carbocycles. The van der Waals surface area contributed by atoms with Crippen molar-refractivity contribution in [2.45, 2.75) is 24.7 Å². The molecule has 0 saturated heterocycles. The lowest BCUT2D eigenvalue weighted by atomic mass is 10.2. The van der Waals surface area contributed by atoms with E-state index in [0.29, 0.717) is 26.3 Å². The van der Waals surface area contributed by atoms with Gasteiger partial charge in [-0.3, -0.25) is 4.79 Å². The molecule has 0 radical (unpaired) electrons. The van der Waals surface area contributed by atoms with Crippen LogP contribution >= 0.6 is 58.5 Å². The molecule has 0 amide bonds. The number of ketones is 1. The summed E-state index contributed by atoms with van der Waals surface area (Å²) in [4.78, 5) is 12.7. The van der Waals surface area contributed by atoms with Crippen molar-refractivity contribution in [1.29, 1.82) is 0 Å². The van der Waals surface area contributed by atoms with Crippen molar-refractivity contribution in [2.24, 2.45) is 0 Å². The van der Waals surface area contributed by atoms with Gasteiger partial charge in [-0.05, 0) is 50.3 Å². The summed E-state index contributed by atoms with van der Waals surface area (Å²) in [6, 6.07) is 7.15. The van der Waals surface area contributed by atoms with Gasteiger partial charge in [0.1, 0.15) is 0 Å². The highest BCUT2D eigenvalue weighted by Gasteiger charge is 2.17. The summed E-state index contributed by atoms with van der Waals surface area (Å²) in [6.45, 7) is 8.40. The largest absolute Gasteiger partial charge is 0.345 e. The lowest BCUT2D eigenvalue weighted by Crippen LogP contribution is -2.06. The van der Waals surface area contributed by atoms with Gasteiger partial charge in [0, 0.05) is 23.5 Å². The van der Waals surface area contributed by atoms with Crippen LogP contribution in [0.3, 0.4) is 0 Å². The molecular weight excluding hydrogens is 453 g/mol. The van der Waals surface area contributed by atoms with Gasteiger partial charge in [0.2, 0.25) is 0 Å². The first-order chi connectivity index (χ1) is 13.3. The molecule has 2 aromatic heterocycles. The van der Waals surface area contributed by atoms with E-state index in [1.54, 1.807) is 22.9 Å². The number of Topliss-reactive ketones (excluding diaryl/α,β-unsaturated/α-hetero) is 1. The minimum Gasteiger partial charge on any atom is -0.345 e. The molecule has 0 spiro atoms. The maximum absolute atomic E-state index is 12.7. The number of hydrogen-bond acceptors (Lipinski definition) is 5. The zero-order chi connectivity index (χ0) is 20.4. The highest BCUT2D eigenvalue weighted by atomic mass is 35.5. The number of carbonyl (C=O) groups is 1. The third kappa shape index (κ3) is 4.44. The lowest BCUT2D eigenvalue weighted by Gasteiger charge is -2.06. The van der Waals surface area contributed by atoms with Crippen LogP contribution in [0.25, 0.3) is 5.69 Å². The Morgan fingerprint density at radius 1 is 1.32 bits per heavy atom. The molecule has 0 unspecified atom stereocenters. The molecule has 0 saturated carbocycles. The number of aromatic nitrogens is 3. The van der Waals surface area contributed by atoms with Gasteiger partial charge in [0.05, 0.1) is 21.5 Å². The van der Waals surface area contributed by atoms with Crippen LogP contribution in [0.1, 0.15) is 21.7 Å². The van der Waals surface area contributed by atoms with Crippen molar-refractivity contribution < 1.29 is 4.79 Å². The van der Waals surface area contributed by atoms with Gasteiger partial charge in [-0.1, -0.05) is 52.4 Å². The van der Waals surface area contributed by atoms with Crippen LogP contribution in [-0.4, -0.2) is 25.9 Å². The number of thioether (sulfide) groups is 1. The molecule has 1 aromatic carbocycles. The molecule has 4 nitrogen and oxygen atoms in total. The second-order valence-electron chi connectivity index (χ2n) is 6.04. The van der Waals surface area contributed by atoms with Crippen LogP contribution in [0.4, 0.5) is 0 Å². The van der Waals surface area contributed by atoms with Crippen LogP contribution in [0, 0.1) is 17.8 Å². The molecule has 0 N–H and O–H groups in total. The SMILES string of the molecule is C=CCn1c(C)cc(C(=O)CSc2nn(-c3ccc(Cl)c(Cl)c3)c(=S)s2)c1C. The van der Waals surface area contributed by atoms with Crippen molar-refractivity contribution in [3.63, 3.8) is 0 Å². The van der Waals surface area contributed by atoms with Gasteiger partial charge in [0.25, 0.3) is 0 Å². The predicted molar refractivity (Wildman–Crippen MR) is 121 cm³/mol. The predicted octanol–water partition coefficient (Wildman–Crippen LogP) is 6.55. The van der Waals surface area contributed by atoms with Crippen LogP contribution in [0.2, 0.25) is 10.0 Å². The summed E-state index contributed by atoms with van der Waals surface area (Å²) in [5.41, 5.74) is 3.48. The smallest absolute Gasteiger partial charge is 0.184 e. The van der Waals surface area contributed by atoms with Crippen molar-refractivity contribution in [2.75, 3.05) is 5.75 Å². The number of aryl methyl sites for hydroxylation is 1. The standard InChI is InChI=1S/C19H17Cl2N3OS3/c1-4-7-23-11(2)8-14(12(23)3)17(25)10-27-18-22-24(19(26)28-18)13-5-6-15(20)16(21)9-13/h4-6,8-9H,1,7,10H2,2-3H3. The number of hydrogen-bond donors (Lipinski definition) is 0. The van der Waals surface area contributed by atoms with Gasteiger partial charge in [-0.15, -0.1) is 11.7 Å². The minimum atomic E-state index is 0.0654. The van der Waals surface area contributed by atoms with Crippen LogP contribution in [0.5, 0.6) is 0 Å². The second-order valence-corrected chi connectivity index (χ2v) is 9.70. The summed E-state index contributed by atoms with van der Waals surface area (Å²) in [5.74, 6) is 0.359. The Balaban J connectivity index is 1.76. The first-order valence-electron chi connectivity index (χ1n) is 8.31. The number of carbonyl (C=O) groups excluding carboxylic acids is 1. The van der Waals surface area contributed by atoms with Crippen molar-refractivity contribution in [1.82, 2.24) is 14.3 Å². The quantitative estimate of drug-likeness (QED) is 0.170. The zero-order valence-electron chi connectivity index (χ0n) is 15.2. The van der Waals surface area contributed by atoms with E-state index in [4.69, 9.17) is 35.4 Å². The minimum absolute atomic E-state index is 0.0654. The summed E-state index contributed by atoms with van der Waals surface area (Å²) < 4.78 is 5.01. The molecule has 9 heteroatoms. The Labute approximate surface area is 186 Å². The highest BCUT2D eigenvalue weighted by Crippen LogP contribution is 2.28. The molecule has 28 heavy (non-hydrogen) atoms. The van der Waals surface area contributed by atoms with E-state index < -0.39 is 0 Å². The second kappa shape index (κ2) is 8.97. The lowest BCUT2D eigenvalue weighted by molar-refractivity contribution is 0.102. The highest BCUT2D eigenvalue weighted by molar-refractivity contribution is 8.01. The number of allylic oxidation sites excluding steroid dienone is 1. The van der Waals surface area contributed by atoms with Crippen LogP contribution in [0.15, 0.2) is 41.3 Å². The van der Waals surface area contributed by atoms with Gasteiger partial charge < -0.3 is 4.57 Å². The van der Waals surface area contributed by atoms with Crippen molar-refractivity contribution >= 4 is 64.3 Å². The average Bonchev–Trinajstić information content (AvgIpc) is 3.16. The Morgan fingerprint density at radius 3 is 2.75 bits per heavy atom. The molecule has 0 aliphatic heterocycles. The van der Waals surface area contributed by atoms with Crippen LogP contribution in [-0.2, 0) is 6.54 Å². The Kier molecular flexibility index (Phi) is 6.83. The maximum Gasteiger partial charge on any atom is 0.184 e. The van der Waals surface area contributed by atoms with Gasteiger partial charge in [0.15, 0.2) is 14.1 Å². The summed E-state index contributed by atoms with van der Waals surface area (Å²) in [5, 5.41) is 5.42. The molecule has 2 heterocycles. The number of benzene rings is 1. The van der Waals surface area contributed by atoms with Crippen molar-refractivity contribution in [3.05, 3.63) is 67.9 Å². The summed E-state index contributed by atoms with van der Waals surface area (Å²) in [7, 11) is 0. The maximum atomic E-state index is 12.7. The molecule has 0 atom stereocenters. The fourth-order valence-corrected chi connectivity index (χ4v) is 5.33. The molecule has 146 valence electrons. The molecule has 3 rings (SSSR count). The molecule has 0 fully saturated rings. The van der Waals surface area contributed by atoms with E-state index >= 15 is 0 Å². The Morgan fingerprint density at radius 2 is 2.07 bits per heavy atom. The number of rotatable bonds is 7. The van der Waals surface area contributed by atoms with Gasteiger partial charge in [-0.2, -0.15) is 0 Å². The number of halogens is 2. The van der Waals surface area contributed by atoms with E-state index in [2.05, 4.69) is 16.2 Å². The van der Waals surface area contributed by atoms with Crippen LogP contribution < -0.4 is 0 Å². The first kappa shape index (κ1) is 21.3. The van der Waals surface area contributed by atoms with Gasteiger partial charge in [-0.25, -0.2) is 4.68 Å². The monoisotopic (exact) mass is 469 g/mol. The van der Waals surface area contributed by atoms with E-state index in [0.717, 1.165) is 27.0 Å². The van der Waals surface area contributed by atoms with E-state index in [9.17, 15) is 4.79 Å². The van der Waals surface area contributed by atoms with Crippen molar-refractivity contribution in [3.8, 4) is 5.69 Å². The molecule has 3 aromatic rings. The summed E-state index contributed by atoms with van der Waals surface area (Å²) in [6.07, 6.45) is 1.82. The molecule has 0 aliphatic rings. The fraction of sp³-hybridized carbons (Fsp3) is 0.211. The molecular formula is C19H17Cl2N3OS3. The first-order valence-corrected chi connectivity index (χ1v) is 11.3. The van der Waals surface area contributed by atoms with E-state index in [-0.39, 0.29) is 5.78 Å². The Hall–Kier alpha value is -1.38.